The Bertz CT molecular complexity index is 200. The van der Waals surface area contributed by atoms with E-state index in [1.54, 1.807) is 0 Å². The summed E-state index contributed by atoms with van der Waals surface area (Å²) in [4.78, 5) is 0. The van der Waals surface area contributed by atoms with Crippen molar-refractivity contribution in [2.24, 2.45) is 22.7 Å². The van der Waals surface area contributed by atoms with Crippen molar-refractivity contribution in [1.29, 1.82) is 0 Å². The first-order chi connectivity index (χ1) is 7.57. The average Bonchev–Trinajstić information content (AvgIpc) is 2.12. The summed E-state index contributed by atoms with van der Waals surface area (Å²) in [6, 6.07) is 0. The maximum atomic E-state index is 3.64. The van der Waals surface area contributed by atoms with Crippen molar-refractivity contribution in [3.63, 3.8) is 0 Å². The third-order valence-corrected chi connectivity index (χ3v) is 3.92. The molecule has 0 aliphatic rings. The summed E-state index contributed by atoms with van der Waals surface area (Å²) >= 11 is 0. The minimum absolute atomic E-state index is 0.433. The Morgan fingerprint density at radius 3 is 1.76 bits per heavy atom. The highest BCUT2D eigenvalue weighted by atomic mass is 14.9. The van der Waals surface area contributed by atoms with Crippen LogP contribution in [0.25, 0.3) is 0 Å². The second-order valence-corrected chi connectivity index (χ2v) is 7.89. The minimum Gasteiger partial charge on any atom is -0.316 e. The van der Waals surface area contributed by atoms with Gasteiger partial charge in [0.15, 0.2) is 0 Å². The fraction of sp³-hybridized carbons (Fsp3) is 1.00. The van der Waals surface area contributed by atoms with Crippen molar-refractivity contribution in [3.05, 3.63) is 0 Å². The molecule has 0 aliphatic carbocycles. The van der Waals surface area contributed by atoms with Crippen LogP contribution in [-0.2, 0) is 0 Å². The van der Waals surface area contributed by atoms with Crippen LogP contribution in [0.2, 0.25) is 0 Å². The molecule has 0 aliphatic heterocycles. The Morgan fingerprint density at radius 1 is 0.882 bits per heavy atom. The predicted octanol–water partition coefficient (Wildman–Crippen LogP) is 4.72. The summed E-state index contributed by atoms with van der Waals surface area (Å²) in [6.45, 7) is 21.0. The third-order valence-electron chi connectivity index (χ3n) is 3.92. The van der Waals surface area contributed by atoms with E-state index in [4.69, 9.17) is 0 Å². The zero-order chi connectivity index (χ0) is 13.7. The molecule has 1 unspecified atom stereocenters. The van der Waals surface area contributed by atoms with E-state index < -0.39 is 0 Å². The molecule has 0 saturated carbocycles. The Morgan fingerprint density at radius 2 is 1.41 bits per heavy atom. The fourth-order valence-corrected chi connectivity index (χ4v) is 1.89. The summed E-state index contributed by atoms with van der Waals surface area (Å²) in [5, 5.41) is 3.64. The molecule has 0 aromatic rings. The lowest BCUT2D eigenvalue weighted by molar-refractivity contribution is 0.159. The van der Waals surface area contributed by atoms with Crippen LogP contribution in [0.4, 0.5) is 0 Å². The molecule has 1 atom stereocenters. The van der Waals surface area contributed by atoms with Gasteiger partial charge in [-0.15, -0.1) is 0 Å². The van der Waals surface area contributed by atoms with Crippen molar-refractivity contribution >= 4 is 0 Å². The monoisotopic (exact) mass is 241 g/mol. The molecule has 0 radical (unpaired) electrons. The van der Waals surface area contributed by atoms with Crippen molar-refractivity contribution in [1.82, 2.24) is 5.32 Å². The van der Waals surface area contributed by atoms with Gasteiger partial charge in [0.05, 0.1) is 0 Å². The first-order valence-electron chi connectivity index (χ1n) is 7.27. The van der Waals surface area contributed by atoms with Gasteiger partial charge in [-0.3, -0.25) is 0 Å². The molecule has 0 fully saturated rings. The predicted molar refractivity (Wildman–Crippen MR) is 79.3 cm³/mol. The molecule has 0 bridgehead atoms. The molecule has 17 heavy (non-hydrogen) atoms. The maximum Gasteiger partial charge on any atom is 0.000772 e. The van der Waals surface area contributed by atoms with E-state index >= 15 is 0 Å². The van der Waals surface area contributed by atoms with Crippen LogP contribution in [-0.4, -0.2) is 13.1 Å². The molecule has 0 heterocycles. The molecule has 1 N–H and O–H groups in total. The van der Waals surface area contributed by atoms with E-state index in [1.165, 1.54) is 12.8 Å². The Labute approximate surface area is 110 Å². The van der Waals surface area contributed by atoms with Gasteiger partial charge in [0.1, 0.15) is 0 Å². The quantitative estimate of drug-likeness (QED) is 0.680. The molecular weight excluding hydrogens is 206 g/mol. The lowest BCUT2D eigenvalue weighted by Gasteiger charge is -2.37. The zero-order valence-electron chi connectivity index (χ0n) is 13.5. The molecule has 0 amide bonds. The van der Waals surface area contributed by atoms with Crippen LogP contribution in [0.5, 0.6) is 0 Å². The topological polar surface area (TPSA) is 12.0 Å². The zero-order valence-corrected chi connectivity index (χ0v) is 13.5. The summed E-state index contributed by atoms with van der Waals surface area (Å²) in [6.07, 6.45) is 2.63. The van der Waals surface area contributed by atoms with E-state index in [-0.39, 0.29) is 0 Å². The second kappa shape index (κ2) is 6.78. The molecule has 104 valence electrons. The van der Waals surface area contributed by atoms with Crippen molar-refractivity contribution < 1.29 is 0 Å². The minimum atomic E-state index is 0.433. The van der Waals surface area contributed by atoms with Gasteiger partial charge in [0.2, 0.25) is 0 Å². The van der Waals surface area contributed by atoms with Crippen molar-refractivity contribution in [2.45, 2.75) is 68.2 Å². The molecule has 0 saturated heterocycles. The normalized spacial score (nSPS) is 16.6. The molecule has 1 nitrogen and oxygen atoms in total. The number of hydrogen-bond acceptors (Lipinski definition) is 1. The van der Waals surface area contributed by atoms with Crippen LogP contribution >= 0.6 is 0 Å². The van der Waals surface area contributed by atoms with Crippen molar-refractivity contribution in [2.75, 3.05) is 13.1 Å². The fourth-order valence-electron chi connectivity index (χ4n) is 1.89. The SMILES string of the molecule is CC(C)CNCC(C)(CCC(C)(C)C)C(C)C. The lowest BCUT2D eigenvalue weighted by atomic mass is 9.72. The molecule has 0 aromatic heterocycles. The summed E-state index contributed by atoms with van der Waals surface area (Å²) in [5.41, 5.74) is 0.885. The Hall–Kier alpha value is -0.0400. The van der Waals surface area contributed by atoms with Gasteiger partial charge >= 0.3 is 0 Å². The number of hydrogen-bond donors (Lipinski definition) is 1. The van der Waals surface area contributed by atoms with E-state index in [2.05, 4.69) is 60.7 Å². The molecular formula is C16H35N. The van der Waals surface area contributed by atoms with Gasteiger partial charge in [0, 0.05) is 6.54 Å². The molecule has 0 spiro atoms. The number of rotatable bonds is 7. The number of nitrogens with one attached hydrogen (secondary N) is 1. The first kappa shape index (κ1) is 17.0. The van der Waals surface area contributed by atoms with Crippen LogP contribution < -0.4 is 5.32 Å². The van der Waals surface area contributed by atoms with Gasteiger partial charge in [0.25, 0.3) is 0 Å². The summed E-state index contributed by atoms with van der Waals surface area (Å²) < 4.78 is 0. The first-order valence-corrected chi connectivity index (χ1v) is 7.27. The van der Waals surface area contributed by atoms with Gasteiger partial charge in [-0.1, -0.05) is 55.4 Å². The van der Waals surface area contributed by atoms with Gasteiger partial charge in [-0.2, -0.15) is 0 Å². The van der Waals surface area contributed by atoms with Gasteiger partial charge in [-0.25, -0.2) is 0 Å². The van der Waals surface area contributed by atoms with E-state index in [0.717, 1.165) is 24.9 Å². The molecule has 1 heteroatoms. The molecule has 0 rings (SSSR count). The Balaban J connectivity index is 4.26. The Kier molecular flexibility index (Phi) is 6.76. The average molecular weight is 241 g/mol. The van der Waals surface area contributed by atoms with Gasteiger partial charge < -0.3 is 5.32 Å². The van der Waals surface area contributed by atoms with E-state index in [9.17, 15) is 0 Å². The van der Waals surface area contributed by atoms with Gasteiger partial charge in [-0.05, 0) is 42.1 Å². The van der Waals surface area contributed by atoms with Crippen LogP contribution in [0, 0.1) is 22.7 Å². The highest BCUT2D eigenvalue weighted by Crippen LogP contribution is 2.36. The van der Waals surface area contributed by atoms with Crippen molar-refractivity contribution in [3.8, 4) is 0 Å². The van der Waals surface area contributed by atoms with Crippen LogP contribution in [0.3, 0.4) is 0 Å². The lowest BCUT2D eigenvalue weighted by Crippen LogP contribution is -2.38. The summed E-state index contributed by atoms with van der Waals surface area (Å²) in [7, 11) is 0. The largest absolute Gasteiger partial charge is 0.316 e. The highest BCUT2D eigenvalue weighted by Gasteiger charge is 2.29. The standard InChI is InChI=1S/C16H35N/c1-13(2)11-17-12-16(8,14(3)4)10-9-15(5,6)7/h13-14,17H,9-12H2,1-8H3. The molecule has 0 aromatic carbocycles. The second-order valence-electron chi connectivity index (χ2n) is 7.89. The smallest absolute Gasteiger partial charge is 0.000772 e. The van der Waals surface area contributed by atoms with E-state index in [0.29, 0.717) is 10.8 Å². The highest BCUT2D eigenvalue weighted by molar-refractivity contribution is 4.82. The maximum absolute atomic E-state index is 3.64. The van der Waals surface area contributed by atoms with Crippen LogP contribution in [0.15, 0.2) is 0 Å². The van der Waals surface area contributed by atoms with Crippen LogP contribution in [0.1, 0.15) is 68.2 Å². The third kappa shape index (κ3) is 7.81. The van der Waals surface area contributed by atoms with E-state index in [1.807, 2.05) is 0 Å². The summed E-state index contributed by atoms with van der Waals surface area (Å²) in [5.74, 6) is 1.48.